The fourth-order valence-corrected chi connectivity index (χ4v) is 18.9. The van der Waals surface area contributed by atoms with E-state index in [-0.39, 0.29) is 146 Å². The summed E-state index contributed by atoms with van der Waals surface area (Å²) in [4.78, 5) is 45.6. The molecule has 42 heteroatoms. The van der Waals surface area contributed by atoms with Gasteiger partial charge in [-0.3, -0.25) is 54.8 Å². The van der Waals surface area contributed by atoms with Crippen LogP contribution in [-0.2, 0) is 139 Å². The molecule has 23 rings (SSSR count). The molecule has 136 heavy (non-hydrogen) atoms. The van der Waals surface area contributed by atoms with Gasteiger partial charge < -0.3 is 43.9 Å². The number of rotatable bonds is 15. The Morgan fingerprint density at radius 1 is 0.662 bits per heavy atom. The van der Waals surface area contributed by atoms with E-state index < -0.39 is 0 Å². The van der Waals surface area contributed by atoms with E-state index in [2.05, 4.69) is 296 Å². The SMILES string of the molecule is CC(=O)C=C(C)O.CC1CCN(C)C1n1ncnc1-c1[c-]ncs1.CCn1c2ccccc2c2c(-n3cnnc3-c3[c-]cc4ccccc4c3)cccc21.Cc1cccc(C)c1-n1nnnc1-c1[c-]cccc1.O=C1NCCC1n1ncnc1-n1[c-]nnn1.[Ir].[Ir].[Ir].[Ir].[Pt].[Pt].[c-]1ocnc1-c1ncnn1C1CC2CCNCCC21.[c-]1sccc1-c1nnnn1-c1ccccc1C1CCCCC1. The maximum atomic E-state index is 11.5. The number of aliphatic hydroxyl groups excluding tert-OH is 1. The predicted octanol–water partition coefficient (Wildman–Crippen LogP) is 15.1. The number of thiophene rings is 1. The zero-order valence-electron chi connectivity index (χ0n) is 74.7. The molecule has 2 aliphatic carbocycles. The zero-order valence-corrected chi connectivity index (χ0v) is 90.4. The summed E-state index contributed by atoms with van der Waals surface area (Å²) in [6.07, 6.45) is 29.5. The molecule has 3 saturated heterocycles. The molecule has 34 nitrogen and oxygen atoms in total. The number of allylic oxidation sites excluding steroid dienone is 2. The molecule has 5 fully saturated rings. The molecule has 718 valence electrons. The van der Waals surface area contributed by atoms with E-state index in [4.69, 9.17) is 9.52 Å². The molecule has 6 unspecified atom stereocenters. The van der Waals surface area contributed by atoms with Gasteiger partial charge >= 0.3 is 0 Å². The van der Waals surface area contributed by atoms with E-state index in [1.807, 2.05) is 68.0 Å². The molecule has 0 spiro atoms. The van der Waals surface area contributed by atoms with Gasteiger partial charge in [0.15, 0.2) is 5.78 Å². The van der Waals surface area contributed by atoms with Crippen molar-refractivity contribution in [3.05, 3.63) is 259 Å². The molecule has 7 aromatic carbocycles. The van der Waals surface area contributed by atoms with Crippen LogP contribution in [0.4, 0.5) is 0 Å². The Labute approximate surface area is 875 Å². The summed E-state index contributed by atoms with van der Waals surface area (Å²) in [7, 11) is 2.13. The van der Waals surface area contributed by atoms with Gasteiger partial charge in [0.1, 0.15) is 43.0 Å². The average Bonchev–Trinajstić information content (AvgIpc) is 1.58. The minimum Gasteiger partial charge on any atom is -0.570 e. The second-order valence-corrected chi connectivity index (χ2v) is 33.7. The summed E-state index contributed by atoms with van der Waals surface area (Å²) < 4.78 is 19.8. The number of hydrogen-bond donors (Lipinski definition) is 3. The fourth-order valence-electron chi connectivity index (χ4n) is 17.8. The maximum Gasteiger partial charge on any atom is 0.243 e. The first-order valence-corrected chi connectivity index (χ1v) is 45.0. The number of aryl methyl sites for hydroxylation is 3. The van der Waals surface area contributed by atoms with E-state index in [0.29, 0.717) is 60.4 Å². The van der Waals surface area contributed by atoms with Crippen molar-refractivity contribution in [1.82, 2.24) is 150 Å². The zero-order chi connectivity index (χ0) is 89.4. The number of tetrazole rings is 3. The number of carbonyl (C=O) groups is 2. The molecule has 5 aliphatic rings. The van der Waals surface area contributed by atoms with Gasteiger partial charge in [-0.1, -0.05) is 133 Å². The molecule has 4 radical (unpaired) electrons. The number of likely N-dealkylation sites (tertiary alicyclic amines) is 1. The van der Waals surface area contributed by atoms with Gasteiger partial charge in [0.2, 0.25) is 5.91 Å². The summed E-state index contributed by atoms with van der Waals surface area (Å²) in [5.41, 5.74) is 14.5. The number of fused-ring (bicyclic) bond motifs is 5. The first-order valence-electron chi connectivity index (χ1n) is 43.3. The third kappa shape index (κ3) is 24.2. The van der Waals surface area contributed by atoms with Gasteiger partial charge in [-0.15, -0.1) is 81.1 Å². The number of thiazole rings is 1. The summed E-state index contributed by atoms with van der Waals surface area (Å²) in [6.45, 7) is 16.3. The number of carbonyl (C=O) groups excluding carboxylic acids is 2. The number of hydrogen-bond acceptors (Lipinski definition) is 27. The normalized spacial score (nSPS) is 17.0. The van der Waals surface area contributed by atoms with Crippen molar-refractivity contribution in [1.29, 1.82) is 0 Å². The van der Waals surface area contributed by atoms with Gasteiger partial charge in [0, 0.05) is 188 Å². The van der Waals surface area contributed by atoms with Gasteiger partial charge in [0.25, 0.3) is 0 Å². The minimum atomic E-state index is -0.352. The van der Waals surface area contributed by atoms with Crippen LogP contribution in [0.1, 0.15) is 133 Å². The van der Waals surface area contributed by atoms with Crippen LogP contribution in [0, 0.1) is 67.9 Å². The van der Waals surface area contributed by atoms with E-state index in [0.717, 1.165) is 105 Å². The number of benzene rings is 7. The quantitative estimate of drug-likeness (QED) is 0.0487. The van der Waals surface area contributed by atoms with Crippen LogP contribution in [0.25, 0.3) is 112 Å². The van der Waals surface area contributed by atoms with Crippen molar-refractivity contribution in [2.24, 2.45) is 17.8 Å². The maximum absolute atomic E-state index is 11.5. The van der Waals surface area contributed by atoms with Crippen molar-refractivity contribution in [3.63, 3.8) is 0 Å². The van der Waals surface area contributed by atoms with Crippen LogP contribution in [0.3, 0.4) is 0 Å². The van der Waals surface area contributed by atoms with Crippen LogP contribution in [0.5, 0.6) is 0 Å². The number of amides is 1. The minimum absolute atomic E-state index is 0. The number of aliphatic hydroxyl groups is 1. The van der Waals surface area contributed by atoms with Crippen LogP contribution in [0.2, 0.25) is 0 Å². The van der Waals surface area contributed by atoms with Gasteiger partial charge in [-0.25, -0.2) is 25.8 Å². The molecular formula is C94H94Ir4N30O4Pt2S2-6. The van der Waals surface area contributed by atoms with E-state index >= 15 is 0 Å². The predicted molar refractivity (Wildman–Crippen MR) is 490 cm³/mol. The average molecular weight is 2930 g/mol. The summed E-state index contributed by atoms with van der Waals surface area (Å²) in [5, 5.41) is 81.0. The smallest absolute Gasteiger partial charge is 0.243 e. The fraction of sp³-hybridized carbons (Fsp3) is 0.309. The van der Waals surface area contributed by atoms with Crippen LogP contribution < -0.4 is 10.6 Å². The molecule has 2 saturated carbocycles. The van der Waals surface area contributed by atoms with Crippen molar-refractivity contribution in [3.8, 4) is 79.4 Å². The third-order valence-corrected chi connectivity index (χ3v) is 25.2. The van der Waals surface area contributed by atoms with Crippen LogP contribution in [-0.4, -0.2) is 189 Å². The molecule has 3 aliphatic heterocycles. The molecule has 1 amide bonds. The third-order valence-electron chi connectivity index (χ3n) is 23.9. The first kappa shape index (κ1) is 106. The van der Waals surface area contributed by atoms with Gasteiger partial charge in [0.05, 0.1) is 58.6 Å². The van der Waals surface area contributed by atoms with Crippen LogP contribution >= 0.6 is 22.7 Å². The van der Waals surface area contributed by atoms with Crippen molar-refractivity contribution >= 4 is 66.9 Å². The van der Waals surface area contributed by atoms with Crippen molar-refractivity contribution in [2.75, 3.05) is 33.2 Å². The van der Waals surface area contributed by atoms with E-state index in [1.165, 1.54) is 138 Å². The Morgan fingerprint density at radius 3 is 2.06 bits per heavy atom. The summed E-state index contributed by atoms with van der Waals surface area (Å²) in [5.74, 6) is 6.92. The molecule has 14 heterocycles. The van der Waals surface area contributed by atoms with E-state index in [1.54, 1.807) is 51.8 Å². The number of aromatic nitrogens is 27. The monoisotopic (exact) mass is 2930 g/mol. The first-order chi connectivity index (χ1) is 63.7. The van der Waals surface area contributed by atoms with Crippen molar-refractivity contribution in [2.45, 2.75) is 136 Å². The number of para-hydroxylation sites is 3. The Hall–Kier alpha value is -10.5. The van der Waals surface area contributed by atoms with E-state index in [9.17, 15) is 9.59 Å². The van der Waals surface area contributed by atoms with Crippen LogP contribution in [0.15, 0.2) is 211 Å². The number of nitrogens with one attached hydrogen (secondary N) is 2. The molecule has 0 bridgehead atoms. The summed E-state index contributed by atoms with van der Waals surface area (Å²) in [6, 6.07) is 58.5. The second-order valence-electron chi connectivity index (χ2n) is 32.2. The topological polar surface area (TPSA) is 379 Å². The van der Waals surface area contributed by atoms with Gasteiger partial charge in [-0.2, -0.15) is 36.7 Å². The molecule has 11 aromatic heterocycles. The molecule has 3 N–H and O–H groups in total. The second kappa shape index (κ2) is 50.7. The Bertz CT molecular complexity index is 6770. The molecule has 18 aromatic rings. The number of oxazole rings is 1. The standard InChI is InChI=1S/C26H19N4.C17H17N4S.C15H13N4.C13H16N5O.C11H14N5S.C7H7N8O.C5H8O2.4Ir.2Pt/c1-2-29-22-11-6-5-10-21(22)25-23(29)12-7-13-24(25)30-17-27-28-26(30)20-15-14-18-8-3-4-9-19(18)16-20;1-2-6-13(7-3-1)15-8-4-5-9-16(15)21-17(18-19-20-21)14-10-11-22-12-14;1-11-7-6-8-12(2)14(11)19-15(16-17-18-19)13-9-4-3-5-10-13;1-3-14-4-2-10-9(1)5-12(10)18-13(15-7-17-18)11-6-19-8-16-11;1-8-3-4-15(2)11(8)16-10(13-6-14-16)9-5-12-7-17-9;16-6-5(1-2-8-6)15-7(9-3-11-15)14-4-10-12-13-14;1-4(6)3-5(2)7;;;;;;/h3-14,16-17H,2H2,1H3;4-5,8-11,13H,1-3,6-7H2;3-9H,1-2H3;7-10,12,14H,1-5H2;6-8,11H,3-4H2,1-2H3;3,5H,1-2H2,(H,8,16);3,6H,1-2H3;;;;;;/q6*-1;;;;;;;. The number of ketones is 1. The Balaban J connectivity index is 0.000000155. The Morgan fingerprint density at radius 2 is 1.37 bits per heavy atom. The van der Waals surface area contributed by atoms with Gasteiger partial charge in [-0.05, 0) is 207 Å². The molecular weight excluding hydrogens is 2840 g/mol. The Kier molecular flexibility index (Phi) is 39.5. The molecule has 6 atom stereocenters. The largest absolute Gasteiger partial charge is 0.570 e. The number of nitrogens with zero attached hydrogens (tertiary/aromatic N) is 28. The summed E-state index contributed by atoms with van der Waals surface area (Å²) >= 11 is 3.09. The van der Waals surface area contributed by atoms with Crippen molar-refractivity contribution < 1.29 is 142 Å².